The van der Waals surface area contributed by atoms with Gasteiger partial charge in [0.2, 0.25) is 17.7 Å². The van der Waals surface area contributed by atoms with E-state index >= 15 is 0 Å². The minimum Gasteiger partial charge on any atom is -0.480 e. The molecule has 4 atom stereocenters. The Balaban J connectivity index is 2.90. The number of carbonyl (C=O) groups is 4. The molecule has 9 N–H and O–H groups in total. The van der Waals surface area contributed by atoms with Crippen LogP contribution in [0.4, 0.5) is 0 Å². The van der Waals surface area contributed by atoms with E-state index in [2.05, 4.69) is 25.9 Å². The Bertz CT molecular complexity index is 813. The molecule has 0 saturated carbocycles. The molecule has 0 bridgehead atoms. The van der Waals surface area contributed by atoms with Gasteiger partial charge in [-0.05, 0) is 62.7 Å². The number of H-pyrrole nitrogens is 1. The number of nitrogens with one attached hydrogen (secondary N) is 4. The largest absolute Gasteiger partial charge is 0.480 e. The molecule has 1 heterocycles. The highest BCUT2D eigenvalue weighted by Crippen LogP contribution is 2.08. The summed E-state index contributed by atoms with van der Waals surface area (Å²) in [6, 6.07) is -3.83. The van der Waals surface area contributed by atoms with Crippen LogP contribution in [0.5, 0.6) is 0 Å². The van der Waals surface area contributed by atoms with Crippen molar-refractivity contribution < 1.29 is 24.3 Å². The molecule has 0 saturated heterocycles. The van der Waals surface area contributed by atoms with Gasteiger partial charge in [-0.3, -0.25) is 14.4 Å². The molecule has 1 aromatic rings. The minimum atomic E-state index is -1.13. The SMILES string of the molecule is CSCCC(NC(=O)C(CCSC)NC(=O)C(CCCCN)NC(=O)C(N)Cc1cnc[nH]1)C(=O)O. The number of aromatic amines is 1. The second-order valence-corrected chi connectivity index (χ2v) is 10.2. The summed E-state index contributed by atoms with van der Waals surface area (Å²) in [4.78, 5) is 57.1. The molecule has 14 heteroatoms. The van der Waals surface area contributed by atoms with Crippen LogP contribution in [0.3, 0.4) is 0 Å². The fraction of sp³-hybridized carbons (Fsp3) is 0.682. The summed E-state index contributed by atoms with van der Waals surface area (Å²) in [5.41, 5.74) is 12.3. The van der Waals surface area contributed by atoms with Gasteiger partial charge in [-0.2, -0.15) is 23.5 Å². The molecule has 0 aliphatic carbocycles. The third-order valence-corrected chi connectivity index (χ3v) is 6.67. The minimum absolute atomic E-state index is 0.217. The average Bonchev–Trinajstić information content (AvgIpc) is 3.36. The number of hydrogen-bond donors (Lipinski definition) is 7. The van der Waals surface area contributed by atoms with Crippen molar-refractivity contribution in [1.82, 2.24) is 25.9 Å². The van der Waals surface area contributed by atoms with E-state index in [1.54, 1.807) is 6.20 Å². The standard InChI is InChI=1S/C22H39N7O5S2/c1-35-9-6-17(21(32)29-18(22(33)34)7-10-36-2)28-20(31)16(5-3-4-8-23)27-19(30)15(24)11-14-12-25-13-26-14/h12-13,15-18H,3-11,23-24H2,1-2H3,(H,25,26)(H,27,30)(H,28,31)(H,29,32)(H,33,34). The monoisotopic (exact) mass is 545 g/mol. The molecular weight excluding hydrogens is 506 g/mol. The third kappa shape index (κ3) is 12.1. The number of hydrogen-bond acceptors (Lipinski definition) is 9. The molecule has 0 spiro atoms. The number of nitrogens with two attached hydrogens (primary N) is 2. The lowest BCUT2D eigenvalue weighted by Crippen LogP contribution is -2.57. The van der Waals surface area contributed by atoms with Crippen LogP contribution in [0, 0.1) is 0 Å². The molecule has 0 aromatic carbocycles. The first-order chi connectivity index (χ1) is 17.2. The van der Waals surface area contributed by atoms with Crippen LogP contribution in [0.1, 0.15) is 37.8 Å². The second-order valence-electron chi connectivity index (χ2n) is 8.26. The smallest absolute Gasteiger partial charge is 0.326 e. The number of aromatic nitrogens is 2. The van der Waals surface area contributed by atoms with Crippen molar-refractivity contribution in [1.29, 1.82) is 0 Å². The Morgan fingerprint density at radius 3 is 2.03 bits per heavy atom. The van der Waals surface area contributed by atoms with Gasteiger partial charge >= 0.3 is 5.97 Å². The fourth-order valence-electron chi connectivity index (χ4n) is 3.31. The third-order valence-electron chi connectivity index (χ3n) is 5.38. The maximum absolute atomic E-state index is 13.2. The highest BCUT2D eigenvalue weighted by Gasteiger charge is 2.30. The Hall–Kier alpha value is -2.29. The van der Waals surface area contributed by atoms with Crippen molar-refractivity contribution in [2.75, 3.05) is 30.6 Å². The summed E-state index contributed by atoms with van der Waals surface area (Å²) in [7, 11) is 0. The van der Waals surface area contributed by atoms with Crippen LogP contribution in [-0.4, -0.2) is 93.5 Å². The number of aliphatic carboxylic acids is 1. The predicted octanol–water partition coefficient (Wildman–Crippen LogP) is -0.546. The van der Waals surface area contributed by atoms with Gasteiger partial charge < -0.3 is 37.5 Å². The topological polar surface area (TPSA) is 205 Å². The number of carboxylic acids is 1. The summed E-state index contributed by atoms with van der Waals surface area (Å²) < 4.78 is 0. The number of carbonyl (C=O) groups excluding carboxylic acids is 3. The number of rotatable bonds is 19. The van der Waals surface area contributed by atoms with E-state index in [1.165, 1.54) is 29.9 Å². The van der Waals surface area contributed by atoms with Crippen LogP contribution in [0.2, 0.25) is 0 Å². The zero-order chi connectivity index (χ0) is 26.9. The highest BCUT2D eigenvalue weighted by atomic mass is 32.2. The zero-order valence-electron chi connectivity index (χ0n) is 20.8. The molecule has 0 aliphatic rings. The normalized spacial score (nSPS) is 14.3. The number of imidazole rings is 1. The Kier molecular flexibility index (Phi) is 15.9. The van der Waals surface area contributed by atoms with Gasteiger partial charge in [0.05, 0.1) is 12.4 Å². The van der Waals surface area contributed by atoms with E-state index in [0.29, 0.717) is 49.4 Å². The van der Waals surface area contributed by atoms with Crippen LogP contribution in [0.15, 0.2) is 12.5 Å². The first kappa shape index (κ1) is 31.7. The van der Waals surface area contributed by atoms with Crippen LogP contribution in [-0.2, 0) is 25.6 Å². The summed E-state index contributed by atoms with van der Waals surface area (Å²) in [5.74, 6) is -1.62. The first-order valence-electron chi connectivity index (χ1n) is 11.8. The molecule has 12 nitrogen and oxygen atoms in total. The van der Waals surface area contributed by atoms with Crippen molar-refractivity contribution in [2.24, 2.45) is 11.5 Å². The fourth-order valence-corrected chi connectivity index (χ4v) is 4.25. The molecular formula is C22H39N7O5S2. The quantitative estimate of drug-likeness (QED) is 0.110. The molecule has 0 fully saturated rings. The van der Waals surface area contributed by atoms with Crippen molar-refractivity contribution in [2.45, 2.75) is 62.7 Å². The molecule has 4 unspecified atom stereocenters. The van der Waals surface area contributed by atoms with Gasteiger partial charge in [-0.1, -0.05) is 0 Å². The summed E-state index contributed by atoms with van der Waals surface area (Å²) in [5, 5.41) is 17.4. The molecule has 36 heavy (non-hydrogen) atoms. The average molecular weight is 546 g/mol. The Morgan fingerprint density at radius 1 is 0.944 bits per heavy atom. The zero-order valence-corrected chi connectivity index (χ0v) is 22.5. The number of unbranched alkanes of at least 4 members (excludes halogenated alkanes) is 1. The summed E-state index contributed by atoms with van der Waals surface area (Å²) in [6.07, 6.45) is 9.11. The van der Waals surface area contributed by atoms with Crippen LogP contribution in [0.25, 0.3) is 0 Å². The van der Waals surface area contributed by atoms with E-state index < -0.39 is 47.9 Å². The van der Waals surface area contributed by atoms with Gasteiger partial charge in [-0.15, -0.1) is 0 Å². The lowest BCUT2D eigenvalue weighted by molar-refractivity contribution is -0.142. The number of carboxylic acid groups (broad SMARTS) is 1. The maximum atomic E-state index is 13.2. The van der Waals surface area contributed by atoms with E-state index in [1.807, 2.05) is 12.5 Å². The number of amides is 3. The van der Waals surface area contributed by atoms with Crippen molar-refractivity contribution >= 4 is 47.2 Å². The predicted molar refractivity (Wildman–Crippen MR) is 143 cm³/mol. The maximum Gasteiger partial charge on any atom is 0.326 e. The van der Waals surface area contributed by atoms with E-state index in [4.69, 9.17) is 11.5 Å². The van der Waals surface area contributed by atoms with Gasteiger partial charge in [-0.25, -0.2) is 9.78 Å². The molecule has 1 rings (SSSR count). The molecule has 1 aromatic heterocycles. The van der Waals surface area contributed by atoms with E-state index in [-0.39, 0.29) is 12.8 Å². The Labute approximate surface area is 220 Å². The molecule has 3 amide bonds. The lowest BCUT2D eigenvalue weighted by Gasteiger charge is -2.25. The second kappa shape index (κ2) is 18.0. The van der Waals surface area contributed by atoms with Crippen LogP contribution < -0.4 is 27.4 Å². The van der Waals surface area contributed by atoms with Crippen LogP contribution >= 0.6 is 23.5 Å². The number of nitrogens with zero attached hydrogens (tertiary/aromatic N) is 1. The Morgan fingerprint density at radius 2 is 1.50 bits per heavy atom. The van der Waals surface area contributed by atoms with Gasteiger partial charge in [0.25, 0.3) is 0 Å². The first-order valence-corrected chi connectivity index (χ1v) is 14.6. The molecule has 0 radical (unpaired) electrons. The van der Waals surface area contributed by atoms with Gasteiger partial charge in [0.15, 0.2) is 0 Å². The van der Waals surface area contributed by atoms with E-state index in [0.717, 1.165) is 0 Å². The van der Waals surface area contributed by atoms with Gasteiger partial charge in [0, 0.05) is 18.3 Å². The van der Waals surface area contributed by atoms with Crippen molar-refractivity contribution in [3.8, 4) is 0 Å². The van der Waals surface area contributed by atoms with E-state index in [9.17, 15) is 24.3 Å². The van der Waals surface area contributed by atoms with Gasteiger partial charge in [0.1, 0.15) is 18.1 Å². The molecule has 204 valence electrons. The highest BCUT2D eigenvalue weighted by molar-refractivity contribution is 7.98. The summed E-state index contributed by atoms with van der Waals surface area (Å²) >= 11 is 2.97. The van der Waals surface area contributed by atoms with Crippen molar-refractivity contribution in [3.05, 3.63) is 18.2 Å². The summed E-state index contributed by atoms with van der Waals surface area (Å²) in [6.45, 7) is 0.438. The number of thioether (sulfide) groups is 2. The molecule has 0 aliphatic heterocycles. The van der Waals surface area contributed by atoms with Crippen molar-refractivity contribution in [3.63, 3.8) is 0 Å². The lowest BCUT2D eigenvalue weighted by atomic mass is 10.1.